The lowest BCUT2D eigenvalue weighted by molar-refractivity contribution is -0.115. The Morgan fingerprint density at radius 3 is 2.63 bits per heavy atom. The zero-order valence-corrected chi connectivity index (χ0v) is 15.6. The molecule has 1 amide bonds. The van der Waals surface area contributed by atoms with E-state index >= 15 is 0 Å². The van der Waals surface area contributed by atoms with Crippen LogP contribution < -0.4 is 5.32 Å². The number of nitrogens with one attached hydrogen (secondary N) is 1. The number of aromatic nitrogens is 2. The first-order valence-corrected chi connectivity index (χ1v) is 9.06. The van der Waals surface area contributed by atoms with Crippen molar-refractivity contribution in [1.82, 2.24) is 9.38 Å². The van der Waals surface area contributed by atoms with Crippen molar-refractivity contribution in [2.24, 2.45) is 0 Å². The van der Waals surface area contributed by atoms with Crippen molar-refractivity contribution in [2.45, 2.75) is 13.3 Å². The molecule has 0 spiro atoms. The van der Waals surface area contributed by atoms with Gasteiger partial charge in [0.05, 0.1) is 17.8 Å². The fourth-order valence-electron chi connectivity index (χ4n) is 3.08. The average molecular weight is 376 g/mol. The highest BCUT2D eigenvalue weighted by Crippen LogP contribution is 2.28. The quantitative estimate of drug-likeness (QED) is 0.536. The third-order valence-corrected chi connectivity index (χ3v) is 4.68. The summed E-state index contributed by atoms with van der Waals surface area (Å²) in [5.74, 6) is -0.0790. The minimum Gasteiger partial charge on any atom is -0.325 e. The van der Waals surface area contributed by atoms with Gasteiger partial charge in [-0.15, -0.1) is 0 Å². The van der Waals surface area contributed by atoms with Crippen molar-refractivity contribution in [3.63, 3.8) is 0 Å². The molecule has 5 heteroatoms. The fraction of sp³-hybridized carbons (Fsp3) is 0.0909. The van der Waals surface area contributed by atoms with Gasteiger partial charge >= 0.3 is 0 Å². The van der Waals surface area contributed by atoms with Crippen molar-refractivity contribution >= 4 is 28.8 Å². The van der Waals surface area contributed by atoms with Crippen LogP contribution >= 0.6 is 11.6 Å². The van der Waals surface area contributed by atoms with Crippen molar-refractivity contribution in [1.29, 1.82) is 0 Å². The Morgan fingerprint density at radius 2 is 1.85 bits per heavy atom. The molecule has 27 heavy (non-hydrogen) atoms. The summed E-state index contributed by atoms with van der Waals surface area (Å²) in [6.07, 6.45) is 4.24. The van der Waals surface area contributed by atoms with Crippen LogP contribution in [0.1, 0.15) is 11.1 Å². The Bertz CT molecular complexity index is 1120. The highest BCUT2D eigenvalue weighted by atomic mass is 35.5. The second-order valence-electron chi connectivity index (χ2n) is 6.45. The van der Waals surface area contributed by atoms with Crippen LogP contribution in [0.4, 0.5) is 5.69 Å². The van der Waals surface area contributed by atoms with E-state index in [-0.39, 0.29) is 12.3 Å². The maximum Gasteiger partial charge on any atom is 0.228 e. The molecule has 2 aromatic heterocycles. The number of hydrogen-bond acceptors (Lipinski definition) is 2. The molecule has 0 radical (unpaired) electrons. The van der Waals surface area contributed by atoms with Gasteiger partial charge < -0.3 is 9.72 Å². The molecule has 0 aliphatic rings. The summed E-state index contributed by atoms with van der Waals surface area (Å²) >= 11 is 5.90. The topological polar surface area (TPSA) is 46.4 Å². The summed E-state index contributed by atoms with van der Waals surface area (Å²) < 4.78 is 2.00. The molecule has 1 N–H and O–H groups in total. The molecule has 0 unspecified atom stereocenters. The number of carbonyl (C=O) groups is 1. The lowest BCUT2D eigenvalue weighted by Crippen LogP contribution is -2.15. The molecule has 0 aliphatic heterocycles. The first-order valence-electron chi connectivity index (χ1n) is 8.68. The van der Waals surface area contributed by atoms with E-state index in [1.54, 1.807) is 12.1 Å². The van der Waals surface area contributed by atoms with Crippen LogP contribution in [-0.4, -0.2) is 15.3 Å². The van der Waals surface area contributed by atoms with E-state index in [2.05, 4.69) is 5.32 Å². The van der Waals surface area contributed by atoms with Crippen LogP contribution in [0.25, 0.3) is 16.9 Å². The summed E-state index contributed by atoms with van der Waals surface area (Å²) in [5.41, 5.74) is 5.40. The molecule has 4 nitrogen and oxygen atoms in total. The zero-order chi connectivity index (χ0) is 18.8. The second-order valence-corrected chi connectivity index (χ2v) is 6.88. The molecule has 4 aromatic rings. The number of rotatable bonds is 4. The van der Waals surface area contributed by atoms with Crippen molar-refractivity contribution in [2.75, 3.05) is 5.32 Å². The summed E-state index contributed by atoms with van der Waals surface area (Å²) in [6, 6.07) is 19.0. The Balaban J connectivity index is 1.61. The number of para-hydroxylation sites is 1. The number of halogens is 1. The third-order valence-electron chi connectivity index (χ3n) is 4.43. The molecule has 134 valence electrons. The van der Waals surface area contributed by atoms with E-state index in [1.807, 2.05) is 72.2 Å². The minimum absolute atomic E-state index is 0.0790. The number of nitrogens with zero attached hydrogens (tertiary/aromatic N) is 2. The van der Waals surface area contributed by atoms with E-state index in [1.165, 1.54) is 0 Å². The molecule has 2 aromatic carbocycles. The van der Waals surface area contributed by atoms with Crippen molar-refractivity contribution in [3.05, 3.63) is 89.2 Å². The van der Waals surface area contributed by atoms with E-state index in [4.69, 9.17) is 16.6 Å². The van der Waals surface area contributed by atoms with Crippen LogP contribution in [0, 0.1) is 6.92 Å². The molecule has 0 bridgehead atoms. The molecular weight excluding hydrogens is 358 g/mol. The smallest absolute Gasteiger partial charge is 0.228 e. The maximum absolute atomic E-state index is 12.5. The lowest BCUT2D eigenvalue weighted by Gasteiger charge is -2.09. The molecule has 0 atom stereocenters. The molecule has 4 rings (SSSR count). The first kappa shape index (κ1) is 17.3. The molecule has 0 fully saturated rings. The van der Waals surface area contributed by atoms with Gasteiger partial charge in [-0.2, -0.15) is 0 Å². The monoisotopic (exact) mass is 375 g/mol. The maximum atomic E-state index is 12.5. The lowest BCUT2D eigenvalue weighted by atomic mass is 10.1. The SMILES string of the molecule is Cc1cccn2cc(-c3ccccc3NC(=O)Cc3ccc(Cl)cc3)nc12. The molecule has 0 saturated carbocycles. The number of fused-ring (bicyclic) bond motifs is 1. The number of hydrogen-bond donors (Lipinski definition) is 1. The normalized spacial score (nSPS) is 10.9. The Morgan fingerprint density at radius 1 is 1.07 bits per heavy atom. The van der Waals surface area contributed by atoms with Crippen LogP contribution in [0.15, 0.2) is 73.1 Å². The average Bonchev–Trinajstić information content (AvgIpc) is 3.09. The van der Waals surface area contributed by atoms with E-state index in [9.17, 15) is 4.79 Å². The van der Waals surface area contributed by atoms with Crippen molar-refractivity contribution in [3.8, 4) is 11.3 Å². The molecule has 2 heterocycles. The number of imidazole rings is 1. The van der Waals surface area contributed by atoms with Crippen LogP contribution in [-0.2, 0) is 11.2 Å². The number of pyridine rings is 1. The van der Waals surface area contributed by atoms with Crippen molar-refractivity contribution < 1.29 is 4.79 Å². The Kier molecular flexibility index (Phi) is 4.65. The minimum atomic E-state index is -0.0790. The third kappa shape index (κ3) is 3.71. The van der Waals surface area contributed by atoms with Crippen LogP contribution in [0.3, 0.4) is 0 Å². The molecular formula is C22H18ClN3O. The van der Waals surface area contributed by atoms with Crippen LogP contribution in [0.2, 0.25) is 5.02 Å². The summed E-state index contributed by atoms with van der Waals surface area (Å²) in [4.78, 5) is 17.2. The van der Waals surface area contributed by atoms with Gasteiger partial charge in [0.25, 0.3) is 0 Å². The standard InChI is InChI=1S/C22H18ClN3O/c1-15-5-4-12-26-14-20(25-22(15)26)18-6-2-3-7-19(18)24-21(27)13-16-8-10-17(23)11-9-16/h2-12,14H,13H2,1H3,(H,24,27). The highest BCUT2D eigenvalue weighted by Gasteiger charge is 2.12. The summed E-state index contributed by atoms with van der Waals surface area (Å²) in [6.45, 7) is 2.03. The number of anilines is 1. The van der Waals surface area contributed by atoms with Gasteiger partial charge in [0.15, 0.2) is 0 Å². The Labute approximate surface area is 162 Å². The van der Waals surface area contributed by atoms with Gasteiger partial charge in [-0.3, -0.25) is 4.79 Å². The van der Waals surface area contributed by atoms with Gasteiger partial charge in [0.2, 0.25) is 5.91 Å². The predicted octanol–water partition coefficient (Wildman–Crippen LogP) is 5.14. The Hall–Kier alpha value is -3.11. The number of amides is 1. The summed E-state index contributed by atoms with van der Waals surface area (Å²) in [5, 5.41) is 3.67. The second kappa shape index (κ2) is 7.25. The van der Waals surface area contributed by atoms with E-state index in [0.717, 1.165) is 33.7 Å². The fourth-order valence-corrected chi connectivity index (χ4v) is 3.21. The number of carbonyl (C=O) groups excluding carboxylic acids is 1. The molecule has 0 aliphatic carbocycles. The number of benzene rings is 2. The largest absolute Gasteiger partial charge is 0.325 e. The predicted molar refractivity (Wildman–Crippen MR) is 109 cm³/mol. The van der Waals surface area contributed by atoms with E-state index in [0.29, 0.717) is 5.02 Å². The van der Waals surface area contributed by atoms with Gasteiger partial charge in [-0.25, -0.2) is 4.98 Å². The van der Waals surface area contributed by atoms with Gasteiger partial charge in [-0.1, -0.05) is 48.0 Å². The number of aryl methyl sites for hydroxylation is 1. The summed E-state index contributed by atoms with van der Waals surface area (Å²) in [7, 11) is 0. The van der Waals surface area contributed by atoms with Gasteiger partial charge in [-0.05, 0) is 42.3 Å². The van der Waals surface area contributed by atoms with Gasteiger partial charge in [0.1, 0.15) is 5.65 Å². The zero-order valence-electron chi connectivity index (χ0n) is 14.8. The first-order chi connectivity index (χ1) is 13.1. The van der Waals surface area contributed by atoms with Gasteiger partial charge in [0, 0.05) is 23.0 Å². The molecule has 0 saturated heterocycles. The van der Waals surface area contributed by atoms with E-state index < -0.39 is 0 Å². The van der Waals surface area contributed by atoms with Crippen LogP contribution in [0.5, 0.6) is 0 Å². The highest BCUT2D eigenvalue weighted by molar-refractivity contribution is 6.30.